The number of nitrogens with zero attached hydrogens (tertiary/aromatic N) is 1. The van der Waals surface area contributed by atoms with Crippen molar-refractivity contribution in [3.8, 4) is 5.75 Å². The Bertz CT molecular complexity index is 1230. The molecule has 6 nitrogen and oxygen atoms in total. The summed E-state index contributed by atoms with van der Waals surface area (Å²) in [7, 11) is 0. The van der Waals surface area contributed by atoms with Crippen LogP contribution in [0.4, 0.5) is 10.1 Å². The summed E-state index contributed by atoms with van der Waals surface area (Å²) >= 11 is 0. The number of carbonyl (C=O) groups excluding carboxylic acids is 1. The standard InChI is InChI=1S/C29H33FN4O2/c1-19(2)36-24-12-9-20(10-13-24)28(32)25-16-21(11-14-27(25)31)29(35)33-23-7-5-15-34(18-23)17-22-6-3-4-8-26(22)30/h3-4,6,8-14,16,19,23,32H,5,7,15,17-18,31H2,1-2H3,(H,33,35)/t23-/m1/s1. The summed E-state index contributed by atoms with van der Waals surface area (Å²) < 4.78 is 19.7. The van der Waals surface area contributed by atoms with Gasteiger partial charge in [0.15, 0.2) is 0 Å². The van der Waals surface area contributed by atoms with Gasteiger partial charge in [0.25, 0.3) is 5.91 Å². The Morgan fingerprint density at radius 3 is 2.58 bits per heavy atom. The largest absolute Gasteiger partial charge is 0.491 e. The predicted octanol–water partition coefficient (Wildman–Crippen LogP) is 5.01. The van der Waals surface area contributed by atoms with E-state index in [-0.39, 0.29) is 29.6 Å². The van der Waals surface area contributed by atoms with Crippen LogP contribution in [0.5, 0.6) is 5.75 Å². The number of anilines is 1. The molecule has 4 N–H and O–H groups in total. The number of piperidine rings is 1. The van der Waals surface area contributed by atoms with Gasteiger partial charge in [-0.05, 0) is 81.8 Å². The minimum atomic E-state index is -0.206. The number of hydrogen-bond acceptors (Lipinski definition) is 5. The van der Waals surface area contributed by atoms with E-state index in [1.54, 1.807) is 30.3 Å². The van der Waals surface area contributed by atoms with E-state index >= 15 is 0 Å². The molecule has 3 aromatic carbocycles. The first kappa shape index (κ1) is 25.4. The number of rotatable bonds is 8. The molecule has 1 amide bonds. The first-order chi connectivity index (χ1) is 17.3. The third-order valence-electron chi connectivity index (χ3n) is 6.29. The van der Waals surface area contributed by atoms with Gasteiger partial charge in [0, 0.05) is 47.1 Å². The van der Waals surface area contributed by atoms with E-state index < -0.39 is 0 Å². The number of nitrogen functional groups attached to an aromatic ring is 1. The molecule has 0 unspecified atom stereocenters. The van der Waals surface area contributed by atoms with Crippen molar-refractivity contribution in [3.05, 3.63) is 94.8 Å². The normalized spacial score (nSPS) is 16.1. The number of nitrogens with one attached hydrogen (secondary N) is 2. The van der Waals surface area contributed by atoms with E-state index in [1.165, 1.54) is 6.07 Å². The van der Waals surface area contributed by atoms with Gasteiger partial charge in [0.2, 0.25) is 0 Å². The lowest BCUT2D eigenvalue weighted by molar-refractivity contribution is 0.0900. The van der Waals surface area contributed by atoms with Gasteiger partial charge in [-0.25, -0.2) is 4.39 Å². The molecule has 1 fully saturated rings. The van der Waals surface area contributed by atoms with Crippen LogP contribution in [0.25, 0.3) is 0 Å². The summed E-state index contributed by atoms with van der Waals surface area (Å²) in [6.45, 7) is 5.96. The van der Waals surface area contributed by atoms with E-state index in [2.05, 4.69) is 10.2 Å². The minimum absolute atomic E-state index is 0.0352. The Balaban J connectivity index is 1.42. The Kier molecular flexibility index (Phi) is 8.00. The molecule has 36 heavy (non-hydrogen) atoms. The van der Waals surface area contributed by atoms with Crippen LogP contribution < -0.4 is 15.8 Å². The van der Waals surface area contributed by atoms with Crippen molar-refractivity contribution in [1.82, 2.24) is 10.2 Å². The molecular weight excluding hydrogens is 455 g/mol. The second-order valence-electron chi connectivity index (χ2n) is 9.51. The van der Waals surface area contributed by atoms with E-state index in [9.17, 15) is 9.18 Å². The lowest BCUT2D eigenvalue weighted by Crippen LogP contribution is -2.47. The number of amides is 1. The SMILES string of the molecule is CC(C)Oc1ccc(C(=N)c2cc(C(=O)N[C@@H]3CCCN(Cc4ccccc4F)C3)ccc2N)cc1. The van der Waals surface area contributed by atoms with Crippen LogP contribution in [-0.4, -0.2) is 41.8 Å². The maximum absolute atomic E-state index is 14.1. The highest BCUT2D eigenvalue weighted by Gasteiger charge is 2.23. The fourth-order valence-corrected chi connectivity index (χ4v) is 4.50. The maximum atomic E-state index is 14.1. The third kappa shape index (κ3) is 6.29. The molecule has 1 aliphatic heterocycles. The quantitative estimate of drug-likeness (QED) is 0.307. The summed E-state index contributed by atoms with van der Waals surface area (Å²) in [5, 5.41) is 11.8. The number of halogens is 1. The summed E-state index contributed by atoms with van der Waals surface area (Å²) in [4.78, 5) is 15.3. The first-order valence-electron chi connectivity index (χ1n) is 12.3. The fraction of sp³-hybridized carbons (Fsp3) is 0.310. The molecule has 0 radical (unpaired) electrons. The molecule has 0 spiro atoms. The Labute approximate surface area is 211 Å². The summed E-state index contributed by atoms with van der Waals surface area (Å²) in [6.07, 6.45) is 1.85. The van der Waals surface area contributed by atoms with Gasteiger partial charge < -0.3 is 15.8 Å². The minimum Gasteiger partial charge on any atom is -0.491 e. The molecule has 7 heteroatoms. The monoisotopic (exact) mass is 488 g/mol. The van der Waals surface area contributed by atoms with Crippen LogP contribution >= 0.6 is 0 Å². The van der Waals surface area contributed by atoms with Crippen LogP contribution in [0.3, 0.4) is 0 Å². The average molecular weight is 489 g/mol. The van der Waals surface area contributed by atoms with E-state index in [0.717, 1.165) is 25.1 Å². The Morgan fingerprint density at radius 1 is 1.14 bits per heavy atom. The molecule has 0 aromatic heterocycles. The highest BCUT2D eigenvalue weighted by Crippen LogP contribution is 2.22. The van der Waals surface area contributed by atoms with Crippen molar-refractivity contribution in [1.29, 1.82) is 5.41 Å². The van der Waals surface area contributed by atoms with Crippen LogP contribution in [-0.2, 0) is 6.54 Å². The number of ether oxygens (including phenoxy) is 1. The average Bonchev–Trinajstić information content (AvgIpc) is 2.85. The zero-order valence-electron chi connectivity index (χ0n) is 20.8. The zero-order valence-corrected chi connectivity index (χ0v) is 20.8. The Morgan fingerprint density at radius 2 is 1.86 bits per heavy atom. The van der Waals surface area contributed by atoms with Gasteiger partial charge in [0.1, 0.15) is 11.6 Å². The van der Waals surface area contributed by atoms with Crippen molar-refractivity contribution >= 4 is 17.3 Å². The topological polar surface area (TPSA) is 91.4 Å². The van der Waals surface area contributed by atoms with Crippen molar-refractivity contribution < 1.29 is 13.9 Å². The predicted molar refractivity (Wildman–Crippen MR) is 141 cm³/mol. The van der Waals surface area contributed by atoms with E-state index in [1.807, 2.05) is 44.2 Å². The lowest BCUT2D eigenvalue weighted by Gasteiger charge is -2.33. The lowest BCUT2D eigenvalue weighted by atomic mass is 9.98. The molecule has 1 atom stereocenters. The molecule has 1 saturated heterocycles. The zero-order chi connectivity index (χ0) is 25.7. The molecule has 3 aromatic rings. The van der Waals surface area contributed by atoms with Gasteiger partial charge in [0.05, 0.1) is 11.8 Å². The van der Waals surface area contributed by atoms with Crippen molar-refractivity contribution in [2.24, 2.45) is 0 Å². The first-order valence-corrected chi connectivity index (χ1v) is 12.3. The van der Waals surface area contributed by atoms with Crippen molar-refractivity contribution in [2.75, 3.05) is 18.8 Å². The van der Waals surface area contributed by atoms with Crippen LogP contribution in [0, 0.1) is 11.2 Å². The Hall–Kier alpha value is -3.71. The number of nitrogens with two attached hydrogens (primary N) is 1. The number of benzene rings is 3. The second kappa shape index (κ2) is 11.4. The fourth-order valence-electron chi connectivity index (χ4n) is 4.50. The van der Waals surface area contributed by atoms with Crippen molar-refractivity contribution in [2.45, 2.75) is 45.4 Å². The summed E-state index contributed by atoms with van der Waals surface area (Å²) in [5.74, 6) is 0.323. The molecule has 0 saturated carbocycles. The molecule has 1 heterocycles. The van der Waals surface area contributed by atoms with E-state index in [4.69, 9.17) is 15.9 Å². The van der Waals surface area contributed by atoms with Gasteiger partial charge in [-0.15, -0.1) is 0 Å². The molecule has 188 valence electrons. The maximum Gasteiger partial charge on any atom is 0.251 e. The smallest absolute Gasteiger partial charge is 0.251 e. The number of likely N-dealkylation sites (tertiary alicyclic amines) is 1. The van der Waals surface area contributed by atoms with E-state index in [0.29, 0.717) is 41.0 Å². The highest BCUT2D eigenvalue weighted by molar-refractivity contribution is 6.14. The summed E-state index contributed by atoms with van der Waals surface area (Å²) in [5.41, 5.74) is 9.16. The highest BCUT2D eigenvalue weighted by atomic mass is 19.1. The molecule has 1 aliphatic rings. The van der Waals surface area contributed by atoms with Gasteiger partial charge in [-0.1, -0.05) is 18.2 Å². The molecular formula is C29H33FN4O2. The van der Waals surface area contributed by atoms with Gasteiger partial charge >= 0.3 is 0 Å². The summed E-state index contributed by atoms with van der Waals surface area (Å²) in [6, 6.07) is 19.1. The molecule has 0 aliphatic carbocycles. The number of hydrogen-bond donors (Lipinski definition) is 3. The molecule has 4 rings (SSSR count). The van der Waals surface area contributed by atoms with Crippen LogP contribution in [0.2, 0.25) is 0 Å². The van der Waals surface area contributed by atoms with Gasteiger partial charge in [-0.3, -0.25) is 15.1 Å². The number of carbonyl (C=O) groups is 1. The van der Waals surface area contributed by atoms with Gasteiger partial charge in [-0.2, -0.15) is 0 Å². The third-order valence-corrected chi connectivity index (χ3v) is 6.29. The second-order valence-corrected chi connectivity index (χ2v) is 9.51. The van der Waals surface area contributed by atoms with Crippen LogP contribution in [0.1, 0.15) is 53.7 Å². The molecule has 0 bridgehead atoms. The van der Waals surface area contributed by atoms with Crippen molar-refractivity contribution in [3.63, 3.8) is 0 Å². The van der Waals surface area contributed by atoms with Crippen LogP contribution in [0.15, 0.2) is 66.7 Å².